The fourth-order valence-electron chi connectivity index (χ4n) is 1.60. The summed E-state index contributed by atoms with van der Waals surface area (Å²) in [6.07, 6.45) is -1.64. The van der Waals surface area contributed by atoms with E-state index in [4.69, 9.17) is 21.1 Å². The largest absolute Gasteiger partial charge is 0.506 e. The van der Waals surface area contributed by atoms with Crippen LogP contribution in [0.1, 0.15) is 11.7 Å². The maximum Gasteiger partial charge on any atom is 0.339 e. The van der Waals surface area contributed by atoms with E-state index in [9.17, 15) is 15.0 Å². The van der Waals surface area contributed by atoms with Gasteiger partial charge in [-0.15, -0.1) is 0 Å². The molecule has 1 aliphatic rings. The second-order valence-corrected chi connectivity index (χ2v) is 3.96. The molecule has 0 fully saturated rings. The summed E-state index contributed by atoms with van der Waals surface area (Å²) < 4.78 is 14.9. The van der Waals surface area contributed by atoms with Gasteiger partial charge in [0.05, 0.1) is 7.11 Å². The molecule has 98 valence electrons. The minimum Gasteiger partial charge on any atom is -0.506 e. The van der Waals surface area contributed by atoms with Crippen molar-refractivity contribution in [1.82, 2.24) is 0 Å². The Kier molecular flexibility index (Phi) is 3.49. The van der Waals surface area contributed by atoms with Crippen molar-refractivity contribution >= 4 is 17.6 Å². The van der Waals surface area contributed by atoms with Crippen LogP contribution in [0.3, 0.4) is 0 Å². The highest BCUT2D eigenvalue weighted by molar-refractivity contribution is 6.34. The predicted molar refractivity (Wildman–Crippen MR) is 61.1 cm³/mol. The summed E-state index contributed by atoms with van der Waals surface area (Å²) in [7, 11) is 1.13. The fraction of sp³-hybridized carbons (Fsp3) is 0.364. The Hall–Kier alpha value is -1.66. The summed E-state index contributed by atoms with van der Waals surface area (Å²) in [4.78, 5) is 11.2. The zero-order valence-electron chi connectivity index (χ0n) is 9.47. The SMILES string of the molecule is COC(=O)C(O)c1cc2c(c(Cl)c1O)OCCO2. The summed E-state index contributed by atoms with van der Waals surface area (Å²) >= 11 is 5.89. The average molecular weight is 275 g/mol. The van der Waals surface area contributed by atoms with Crippen molar-refractivity contribution in [2.75, 3.05) is 20.3 Å². The zero-order chi connectivity index (χ0) is 13.3. The number of aromatic hydroxyl groups is 1. The van der Waals surface area contributed by atoms with Crippen LogP contribution in [0.2, 0.25) is 5.02 Å². The van der Waals surface area contributed by atoms with Crippen LogP contribution in [0, 0.1) is 0 Å². The third kappa shape index (κ3) is 2.04. The van der Waals surface area contributed by atoms with Gasteiger partial charge >= 0.3 is 5.97 Å². The van der Waals surface area contributed by atoms with E-state index in [0.29, 0.717) is 13.2 Å². The summed E-state index contributed by atoms with van der Waals surface area (Å²) in [5.74, 6) is -0.875. The molecule has 0 aliphatic carbocycles. The first-order chi connectivity index (χ1) is 8.56. The Labute approximate surface area is 108 Å². The highest BCUT2D eigenvalue weighted by atomic mass is 35.5. The number of aliphatic hydroxyl groups is 1. The van der Waals surface area contributed by atoms with Crippen molar-refractivity contribution < 1.29 is 29.2 Å². The van der Waals surface area contributed by atoms with Crippen molar-refractivity contribution in [2.45, 2.75) is 6.10 Å². The second kappa shape index (κ2) is 4.91. The molecule has 0 spiro atoms. The van der Waals surface area contributed by atoms with Gasteiger partial charge in [0, 0.05) is 5.56 Å². The molecule has 0 saturated heterocycles. The number of hydrogen-bond donors (Lipinski definition) is 2. The van der Waals surface area contributed by atoms with E-state index in [1.807, 2.05) is 0 Å². The lowest BCUT2D eigenvalue weighted by molar-refractivity contribution is -0.150. The van der Waals surface area contributed by atoms with E-state index in [1.165, 1.54) is 6.07 Å². The topological polar surface area (TPSA) is 85.2 Å². The molecular formula is C11H11ClO6. The first kappa shape index (κ1) is 12.8. The lowest BCUT2D eigenvalue weighted by Gasteiger charge is -2.22. The molecule has 0 radical (unpaired) electrons. The molecule has 1 heterocycles. The predicted octanol–water partition coefficient (Wildman–Crippen LogP) is 1.02. The molecule has 7 heteroatoms. The molecule has 1 atom stereocenters. The molecular weight excluding hydrogens is 264 g/mol. The van der Waals surface area contributed by atoms with Gasteiger partial charge in [0.25, 0.3) is 0 Å². The normalized spacial score (nSPS) is 15.1. The van der Waals surface area contributed by atoms with Gasteiger partial charge in [-0.3, -0.25) is 0 Å². The van der Waals surface area contributed by atoms with E-state index in [0.717, 1.165) is 7.11 Å². The highest BCUT2D eigenvalue weighted by Crippen LogP contribution is 2.46. The minimum absolute atomic E-state index is 0.0869. The van der Waals surface area contributed by atoms with Crippen molar-refractivity contribution in [1.29, 1.82) is 0 Å². The van der Waals surface area contributed by atoms with Crippen molar-refractivity contribution in [3.63, 3.8) is 0 Å². The minimum atomic E-state index is -1.64. The Morgan fingerprint density at radius 1 is 1.50 bits per heavy atom. The van der Waals surface area contributed by atoms with Crippen LogP contribution >= 0.6 is 11.6 Å². The maximum absolute atomic E-state index is 11.2. The van der Waals surface area contributed by atoms with Gasteiger partial charge in [-0.25, -0.2) is 4.79 Å². The van der Waals surface area contributed by atoms with Crippen LogP contribution in [-0.4, -0.2) is 36.5 Å². The van der Waals surface area contributed by atoms with Gasteiger partial charge < -0.3 is 24.4 Å². The van der Waals surface area contributed by atoms with Crippen molar-refractivity contribution in [3.8, 4) is 17.2 Å². The first-order valence-electron chi connectivity index (χ1n) is 5.13. The second-order valence-electron chi connectivity index (χ2n) is 3.58. The quantitative estimate of drug-likeness (QED) is 0.783. The van der Waals surface area contributed by atoms with Crippen LogP contribution in [0.25, 0.3) is 0 Å². The van der Waals surface area contributed by atoms with Crippen LogP contribution in [-0.2, 0) is 9.53 Å². The summed E-state index contributed by atoms with van der Waals surface area (Å²) in [5, 5.41) is 19.4. The Balaban J connectivity index is 2.49. The number of ether oxygens (including phenoxy) is 3. The number of carbonyl (C=O) groups is 1. The summed E-state index contributed by atoms with van der Waals surface area (Å²) in [5.41, 5.74) is -0.0869. The van der Waals surface area contributed by atoms with E-state index in [-0.39, 0.29) is 22.1 Å². The number of phenolic OH excluding ortho intramolecular Hbond substituents is 1. The number of methoxy groups -OCH3 is 1. The van der Waals surface area contributed by atoms with Gasteiger partial charge in [0.15, 0.2) is 17.6 Å². The molecule has 18 heavy (non-hydrogen) atoms. The summed E-state index contributed by atoms with van der Waals surface area (Å²) in [6.45, 7) is 0.632. The molecule has 0 saturated carbocycles. The van der Waals surface area contributed by atoms with Crippen molar-refractivity contribution in [3.05, 3.63) is 16.7 Å². The van der Waals surface area contributed by atoms with Gasteiger partial charge in [0.2, 0.25) is 0 Å². The molecule has 0 amide bonds. The first-order valence-corrected chi connectivity index (χ1v) is 5.51. The van der Waals surface area contributed by atoms with Crippen LogP contribution in [0.4, 0.5) is 0 Å². The third-order valence-electron chi connectivity index (χ3n) is 2.50. The molecule has 1 aliphatic heterocycles. The highest BCUT2D eigenvalue weighted by Gasteiger charge is 2.28. The third-order valence-corrected chi connectivity index (χ3v) is 2.85. The van der Waals surface area contributed by atoms with E-state index in [1.54, 1.807) is 0 Å². The Morgan fingerprint density at radius 3 is 2.83 bits per heavy atom. The van der Waals surface area contributed by atoms with Gasteiger partial charge in [0.1, 0.15) is 24.0 Å². The summed E-state index contributed by atoms with van der Waals surface area (Å²) in [6, 6.07) is 1.30. The van der Waals surface area contributed by atoms with E-state index < -0.39 is 17.8 Å². The lowest BCUT2D eigenvalue weighted by Crippen LogP contribution is -2.18. The zero-order valence-corrected chi connectivity index (χ0v) is 10.2. The monoisotopic (exact) mass is 274 g/mol. The molecule has 6 nitrogen and oxygen atoms in total. The van der Waals surface area contributed by atoms with Crippen LogP contribution in [0.5, 0.6) is 17.2 Å². The number of esters is 1. The number of benzene rings is 1. The standard InChI is InChI=1S/C11H11ClO6/c1-16-11(15)9(14)5-4-6-10(7(12)8(5)13)18-3-2-17-6/h4,9,13-14H,2-3H2,1H3. The van der Waals surface area contributed by atoms with E-state index in [2.05, 4.69) is 4.74 Å². The Morgan fingerprint density at radius 2 is 2.17 bits per heavy atom. The number of fused-ring (bicyclic) bond motifs is 1. The Bertz CT molecular complexity index is 487. The van der Waals surface area contributed by atoms with Gasteiger partial charge in [-0.2, -0.15) is 0 Å². The molecule has 0 aromatic heterocycles. The van der Waals surface area contributed by atoms with Gasteiger partial charge in [-0.05, 0) is 6.07 Å². The number of hydrogen-bond acceptors (Lipinski definition) is 6. The smallest absolute Gasteiger partial charge is 0.339 e. The van der Waals surface area contributed by atoms with Crippen LogP contribution < -0.4 is 9.47 Å². The number of carbonyl (C=O) groups excluding carboxylic acids is 1. The molecule has 1 aromatic carbocycles. The molecule has 0 bridgehead atoms. The van der Waals surface area contributed by atoms with Gasteiger partial charge in [-0.1, -0.05) is 11.6 Å². The maximum atomic E-state index is 11.2. The average Bonchev–Trinajstić information content (AvgIpc) is 2.41. The van der Waals surface area contributed by atoms with E-state index >= 15 is 0 Å². The van der Waals surface area contributed by atoms with Crippen molar-refractivity contribution in [2.24, 2.45) is 0 Å². The molecule has 2 N–H and O–H groups in total. The number of rotatable bonds is 2. The molecule has 2 rings (SSSR count). The lowest BCUT2D eigenvalue weighted by atomic mass is 10.1. The number of halogens is 1. The molecule has 1 aromatic rings. The van der Waals surface area contributed by atoms with Crippen LogP contribution in [0.15, 0.2) is 6.07 Å². The fourth-order valence-corrected chi connectivity index (χ4v) is 1.86. The number of aliphatic hydroxyl groups excluding tert-OH is 1. The molecule has 1 unspecified atom stereocenters. The number of phenols is 1.